The van der Waals surface area contributed by atoms with Crippen LogP contribution < -0.4 is 10.2 Å². The van der Waals surface area contributed by atoms with Crippen LogP contribution in [0.1, 0.15) is 279 Å². The van der Waals surface area contributed by atoms with Crippen LogP contribution in [-0.4, -0.2) is 67.1 Å². The highest BCUT2D eigenvalue weighted by molar-refractivity contribution is 5.99. The third kappa shape index (κ3) is 38.9. The zero-order valence-electron chi connectivity index (χ0n) is 44.6. The highest BCUT2D eigenvalue weighted by Gasteiger charge is 2.27. The summed E-state index contributed by atoms with van der Waals surface area (Å²) in [5, 5.41) is 14.4. The minimum atomic E-state index is -0.807. The third-order valence-corrected chi connectivity index (χ3v) is 13.3. The first kappa shape index (κ1) is 62.0. The number of nitrogens with zero attached hydrogens (tertiary/aromatic N) is 1. The van der Waals surface area contributed by atoms with Crippen LogP contribution in [0, 0.1) is 0 Å². The van der Waals surface area contributed by atoms with Crippen molar-refractivity contribution in [2.45, 2.75) is 291 Å². The molecule has 0 saturated carbocycles. The summed E-state index contributed by atoms with van der Waals surface area (Å²) in [6.45, 7) is 16.8. The van der Waals surface area contributed by atoms with Crippen LogP contribution in [0.5, 0.6) is 5.75 Å². The minimum Gasteiger partial charge on any atom is -0.491 e. The number of hydrogen-bond acceptors (Lipinski definition) is 7. The summed E-state index contributed by atoms with van der Waals surface area (Å²) in [6.07, 6.45) is 44.9. The van der Waals surface area contributed by atoms with Gasteiger partial charge in [-0.25, -0.2) is 5.43 Å². The largest absolute Gasteiger partial charge is 0.491 e. The molecule has 0 aliphatic heterocycles. The van der Waals surface area contributed by atoms with Gasteiger partial charge in [-0.1, -0.05) is 213 Å². The number of aliphatic hydroxyl groups is 1. The summed E-state index contributed by atoms with van der Waals surface area (Å²) in [7, 11) is 0. The number of ether oxygens (including phenoxy) is 4. The van der Waals surface area contributed by atoms with Crippen molar-refractivity contribution in [3.8, 4) is 5.75 Å². The summed E-state index contributed by atoms with van der Waals surface area (Å²) in [4.78, 5) is 12.8. The Hall–Kier alpha value is -2.00. The Morgan fingerprint density at radius 3 is 1.39 bits per heavy atom. The van der Waals surface area contributed by atoms with E-state index in [1.165, 1.54) is 193 Å². The third-order valence-electron chi connectivity index (χ3n) is 13.3. The van der Waals surface area contributed by atoms with Crippen molar-refractivity contribution < 1.29 is 28.8 Å². The van der Waals surface area contributed by atoms with Gasteiger partial charge in [-0.2, -0.15) is 5.10 Å². The van der Waals surface area contributed by atoms with Crippen LogP contribution in [0.2, 0.25) is 0 Å². The molecule has 2 N–H and O–H groups in total. The number of carbonyl (C=O) groups excluding carboxylic acids is 1. The fourth-order valence-electron chi connectivity index (χ4n) is 8.41. The van der Waals surface area contributed by atoms with Gasteiger partial charge in [-0.15, -0.1) is 0 Å². The molecule has 1 rings (SSSR count). The normalized spacial score (nSPS) is 13.5. The second-order valence-electron chi connectivity index (χ2n) is 20.6. The first-order valence-corrected chi connectivity index (χ1v) is 28.1. The molecular weight excluding hydrogens is 821 g/mol. The molecule has 1 unspecified atom stereocenters. The van der Waals surface area contributed by atoms with Crippen LogP contribution in [0.4, 0.5) is 0 Å². The summed E-state index contributed by atoms with van der Waals surface area (Å²) in [5.41, 5.74) is 2.88. The van der Waals surface area contributed by atoms with E-state index < -0.39 is 11.2 Å². The van der Waals surface area contributed by atoms with Gasteiger partial charge in [0.2, 0.25) is 5.91 Å². The van der Waals surface area contributed by atoms with E-state index in [1.807, 2.05) is 45.0 Å². The van der Waals surface area contributed by atoms with Crippen LogP contribution in [-0.2, 0) is 19.0 Å². The van der Waals surface area contributed by atoms with E-state index >= 15 is 0 Å². The van der Waals surface area contributed by atoms with E-state index in [2.05, 4.69) is 24.4 Å². The van der Waals surface area contributed by atoms with Gasteiger partial charge in [-0.3, -0.25) is 4.79 Å². The molecule has 386 valence electrons. The molecule has 0 aliphatic carbocycles. The molecule has 1 aromatic carbocycles. The average molecular weight is 930 g/mol. The zero-order valence-corrected chi connectivity index (χ0v) is 44.6. The van der Waals surface area contributed by atoms with E-state index in [1.54, 1.807) is 13.8 Å². The van der Waals surface area contributed by atoms with Crippen LogP contribution in [0.25, 0.3) is 0 Å². The highest BCUT2D eigenvalue weighted by atomic mass is 16.6. The molecule has 0 aromatic heterocycles. The number of hydrogen-bond donors (Lipinski definition) is 2. The molecule has 1 amide bonds. The Bertz CT molecular complexity index is 1250. The van der Waals surface area contributed by atoms with E-state index in [-0.39, 0.29) is 18.4 Å². The van der Waals surface area contributed by atoms with Gasteiger partial charge in [0.25, 0.3) is 0 Å². The van der Waals surface area contributed by atoms with Crippen LogP contribution in [0.15, 0.2) is 29.4 Å². The standard InChI is InChI=1S/C58H108N2O6/c1-8-11-13-15-17-19-21-23-25-27-29-31-33-35-37-39-46-63-50-55(64-47-40-38-36-34-32-30-28-26-24-22-20-18-16-14-12-9-2)51-65-54-43-41-53(42-44-54)52(4)59-60-56(61)49-58(7,10-3)66-48-45-57(5,6)62/h41-44,55,62H,8-40,45-51H2,1-7H3,(H,60,61)/b59-52+/t55-,58?/m1/s1. The molecule has 0 heterocycles. The van der Waals surface area contributed by atoms with Gasteiger partial charge in [0.15, 0.2) is 0 Å². The zero-order chi connectivity index (χ0) is 48.2. The molecule has 8 nitrogen and oxygen atoms in total. The van der Waals surface area contributed by atoms with Crippen molar-refractivity contribution in [1.29, 1.82) is 0 Å². The van der Waals surface area contributed by atoms with E-state index in [0.29, 0.717) is 38.4 Å². The molecule has 0 spiro atoms. The lowest BCUT2D eigenvalue weighted by Crippen LogP contribution is -2.36. The summed E-state index contributed by atoms with van der Waals surface area (Å²) in [5.74, 6) is 0.566. The Morgan fingerprint density at radius 2 is 0.985 bits per heavy atom. The Morgan fingerprint density at radius 1 is 0.576 bits per heavy atom. The number of benzene rings is 1. The molecule has 0 aliphatic rings. The summed E-state index contributed by atoms with van der Waals surface area (Å²) < 4.78 is 24.8. The molecular formula is C58H108N2O6. The van der Waals surface area contributed by atoms with Crippen molar-refractivity contribution in [3.63, 3.8) is 0 Å². The Kier molecular flexibility index (Phi) is 40.5. The quantitative estimate of drug-likeness (QED) is 0.0384. The highest BCUT2D eigenvalue weighted by Crippen LogP contribution is 2.22. The Labute approximate surface area is 408 Å². The maximum Gasteiger partial charge on any atom is 0.242 e. The number of carbonyl (C=O) groups is 1. The SMILES string of the molecule is CCCCCCCCCCCCCCCCCCOC[C@H](COc1ccc(/C(C)=N/NC(=O)CC(C)(CC)OCCC(C)(C)O)cc1)OCCCCCCCCCCCCCCCCCC. The fourth-order valence-corrected chi connectivity index (χ4v) is 8.41. The molecule has 1 aromatic rings. The molecule has 0 saturated heterocycles. The van der Waals surface area contributed by atoms with E-state index in [9.17, 15) is 9.90 Å². The van der Waals surface area contributed by atoms with Crippen molar-refractivity contribution >= 4 is 11.6 Å². The first-order valence-electron chi connectivity index (χ1n) is 28.1. The predicted octanol–water partition coefficient (Wildman–Crippen LogP) is 16.6. The van der Waals surface area contributed by atoms with E-state index in [4.69, 9.17) is 18.9 Å². The Balaban J connectivity index is 2.44. The molecule has 66 heavy (non-hydrogen) atoms. The second kappa shape index (κ2) is 43.1. The van der Waals surface area contributed by atoms with Crippen molar-refractivity contribution in [1.82, 2.24) is 5.43 Å². The lowest BCUT2D eigenvalue weighted by atomic mass is 9.98. The van der Waals surface area contributed by atoms with Gasteiger partial charge in [0.05, 0.1) is 36.5 Å². The van der Waals surface area contributed by atoms with Gasteiger partial charge in [0.1, 0.15) is 18.5 Å². The van der Waals surface area contributed by atoms with Crippen molar-refractivity contribution in [3.05, 3.63) is 29.8 Å². The van der Waals surface area contributed by atoms with Gasteiger partial charge in [-0.05, 0) is 83.2 Å². The van der Waals surface area contributed by atoms with Gasteiger partial charge < -0.3 is 24.1 Å². The molecule has 0 bridgehead atoms. The van der Waals surface area contributed by atoms with Crippen molar-refractivity contribution in [2.24, 2.45) is 5.10 Å². The van der Waals surface area contributed by atoms with Crippen LogP contribution >= 0.6 is 0 Å². The summed E-state index contributed by atoms with van der Waals surface area (Å²) >= 11 is 0. The number of amides is 1. The van der Waals surface area contributed by atoms with E-state index in [0.717, 1.165) is 37.4 Å². The number of unbranched alkanes of at least 4 members (excludes halogenated alkanes) is 30. The second-order valence-corrected chi connectivity index (χ2v) is 20.6. The molecule has 0 fully saturated rings. The molecule has 8 heteroatoms. The van der Waals surface area contributed by atoms with Crippen LogP contribution in [0.3, 0.4) is 0 Å². The molecule has 0 radical (unpaired) electrons. The summed E-state index contributed by atoms with van der Waals surface area (Å²) in [6, 6.07) is 7.84. The smallest absolute Gasteiger partial charge is 0.242 e. The minimum absolute atomic E-state index is 0.117. The van der Waals surface area contributed by atoms with Gasteiger partial charge >= 0.3 is 0 Å². The first-order chi connectivity index (χ1) is 32.0. The monoisotopic (exact) mass is 929 g/mol. The number of nitrogens with one attached hydrogen (secondary N) is 1. The lowest BCUT2D eigenvalue weighted by molar-refractivity contribution is -0.129. The molecule has 2 atom stereocenters. The maximum atomic E-state index is 12.8. The fraction of sp³-hybridized carbons (Fsp3) is 0.862. The maximum absolute atomic E-state index is 12.8. The number of rotatable bonds is 49. The van der Waals surface area contributed by atoms with Crippen molar-refractivity contribution in [2.75, 3.05) is 33.0 Å². The topological polar surface area (TPSA) is 98.6 Å². The lowest BCUT2D eigenvalue weighted by Gasteiger charge is -2.29. The predicted molar refractivity (Wildman–Crippen MR) is 282 cm³/mol. The van der Waals surface area contributed by atoms with Gasteiger partial charge in [0, 0.05) is 13.2 Å². The average Bonchev–Trinajstić information content (AvgIpc) is 3.30. The number of hydrazone groups is 1.